The molecule has 0 aliphatic heterocycles. The van der Waals surface area contributed by atoms with Gasteiger partial charge < -0.3 is 20.4 Å². The summed E-state index contributed by atoms with van der Waals surface area (Å²) >= 11 is 0. The molecule has 0 spiro atoms. The second-order valence-corrected chi connectivity index (χ2v) is 3.96. The molecule has 1 aromatic heterocycles. The maximum atomic E-state index is 8.72. The molecule has 0 amide bonds. The van der Waals surface area contributed by atoms with Gasteiger partial charge in [0.2, 0.25) is 0 Å². The van der Waals surface area contributed by atoms with Gasteiger partial charge in [0.15, 0.2) is 5.84 Å². The molecule has 0 fully saturated rings. The molecule has 1 aromatic carbocycles. The van der Waals surface area contributed by atoms with E-state index < -0.39 is 0 Å². The molecule has 0 unspecified atom stereocenters. The molecule has 104 valence electrons. The summed E-state index contributed by atoms with van der Waals surface area (Å²) in [5.74, 6) is 1.41. The second-order valence-electron chi connectivity index (χ2n) is 3.96. The molecule has 0 aliphatic carbocycles. The molecule has 3 N–H and O–H groups in total. The lowest BCUT2D eigenvalue weighted by molar-refractivity contribution is 0.303. The lowest BCUT2D eigenvalue weighted by atomic mass is 10.2. The zero-order valence-electron chi connectivity index (χ0n) is 11.0. The Morgan fingerprint density at radius 1 is 1.25 bits per heavy atom. The quantitative estimate of drug-likeness (QED) is 0.375. The zero-order valence-corrected chi connectivity index (χ0v) is 11.0. The molecule has 2 aromatic rings. The van der Waals surface area contributed by atoms with Crippen LogP contribution in [0, 0.1) is 0 Å². The number of hydrogen-bond donors (Lipinski definition) is 2. The molecule has 2 rings (SSSR count). The first kappa shape index (κ1) is 13.7. The van der Waals surface area contributed by atoms with Crippen molar-refractivity contribution in [3.8, 4) is 11.5 Å². The molecule has 1 heterocycles. The van der Waals surface area contributed by atoms with Gasteiger partial charge in [-0.25, -0.2) is 0 Å². The average Bonchev–Trinajstić information content (AvgIpc) is 2.53. The highest BCUT2D eigenvalue weighted by molar-refractivity contribution is 5.96. The van der Waals surface area contributed by atoms with E-state index in [2.05, 4.69) is 10.1 Å². The molecule has 20 heavy (non-hydrogen) atoms. The van der Waals surface area contributed by atoms with Crippen LogP contribution in [0.25, 0.3) is 0 Å². The summed E-state index contributed by atoms with van der Waals surface area (Å²) in [6, 6.07) is 10.8. The first-order valence-corrected chi connectivity index (χ1v) is 5.93. The molecule has 0 radical (unpaired) electrons. The van der Waals surface area contributed by atoms with Crippen LogP contribution < -0.4 is 15.2 Å². The van der Waals surface area contributed by atoms with Crippen LogP contribution >= 0.6 is 0 Å². The summed E-state index contributed by atoms with van der Waals surface area (Å²) in [5, 5.41) is 11.7. The molecule has 0 bridgehead atoms. The van der Waals surface area contributed by atoms with E-state index >= 15 is 0 Å². The summed E-state index contributed by atoms with van der Waals surface area (Å²) in [6.45, 7) is 0.270. The number of rotatable bonds is 5. The van der Waals surface area contributed by atoms with E-state index in [9.17, 15) is 0 Å². The summed E-state index contributed by atoms with van der Waals surface area (Å²) in [6.07, 6.45) is 1.57. The normalized spacial score (nSPS) is 11.2. The van der Waals surface area contributed by atoms with E-state index in [4.69, 9.17) is 20.4 Å². The van der Waals surface area contributed by atoms with Crippen LogP contribution in [0.2, 0.25) is 0 Å². The minimum Gasteiger partial charge on any atom is -0.497 e. The van der Waals surface area contributed by atoms with Gasteiger partial charge in [-0.15, -0.1) is 0 Å². The Balaban J connectivity index is 2.10. The Bertz CT molecular complexity index is 597. The minimum atomic E-state index is -0.0427. The zero-order chi connectivity index (χ0) is 14.4. The van der Waals surface area contributed by atoms with Crippen molar-refractivity contribution in [1.82, 2.24) is 4.98 Å². The summed E-state index contributed by atoms with van der Waals surface area (Å²) in [5.41, 5.74) is 6.71. The van der Waals surface area contributed by atoms with Crippen molar-refractivity contribution in [3.63, 3.8) is 0 Å². The smallest absolute Gasteiger partial charge is 0.189 e. The van der Waals surface area contributed by atoms with E-state index in [1.165, 1.54) is 0 Å². The van der Waals surface area contributed by atoms with Crippen LogP contribution in [0.3, 0.4) is 0 Å². The monoisotopic (exact) mass is 273 g/mol. The molecule has 0 atom stereocenters. The number of pyridine rings is 1. The van der Waals surface area contributed by atoms with Gasteiger partial charge in [-0.1, -0.05) is 11.2 Å². The van der Waals surface area contributed by atoms with Gasteiger partial charge in [0.25, 0.3) is 0 Å². The van der Waals surface area contributed by atoms with Crippen molar-refractivity contribution in [2.45, 2.75) is 6.61 Å². The SMILES string of the molecule is COc1ccc(OCc2cccnc2C(N)=NO)cc1. The number of benzene rings is 1. The maximum Gasteiger partial charge on any atom is 0.189 e. The highest BCUT2D eigenvalue weighted by atomic mass is 16.5. The highest BCUT2D eigenvalue weighted by Crippen LogP contribution is 2.18. The van der Waals surface area contributed by atoms with Crippen molar-refractivity contribution < 1.29 is 14.7 Å². The molecule has 0 saturated heterocycles. The van der Waals surface area contributed by atoms with Crippen LogP contribution in [0.4, 0.5) is 0 Å². The molecular weight excluding hydrogens is 258 g/mol. The van der Waals surface area contributed by atoms with Crippen LogP contribution in [0.15, 0.2) is 47.8 Å². The standard InChI is InChI=1S/C14H15N3O3/c1-19-11-4-6-12(7-5-11)20-9-10-3-2-8-16-13(10)14(15)17-18/h2-8,18H,9H2,1H3,(H2,15,17). The summed E-state index contributed by atoms with van der Waals surface area (Å²) < 4.78 is 10.7. The van der Waals surface area contributed by atoms with Crippen molar-refractivity contribution in [1.29, 1.82) is 0 Å². The highest BCUT2D eigenvalue weighted by Gasteiger charge is 2.08. The largest absolute Gasteiger partial charge is 0.497 e. The molecule has 0 saturated carbocycles. The molecule has 6 heteroatoms. The van der Waals surface area contributed by atoms with Crippen LogP contribution in [-0.2, 0) is 6.61 Å². The third-order valence-electron chi connectivity index (χ3n) is 2.70. The predicted octanol–water partition coefficient (Wildman–Crippen LogP) is 1.76. The number of hydrogen-bond acceptors (Lipinski definition) is 5. The van der Waals surface area contributed by atoms with Crippen LogP contribution in [0.1, 0.15) is 11.3 Å². The fourth-order valence-corrected chi connectivity index (χ4v) is 1.67. The lowest BCUT2D eigenvalue weighted by Crippen LogP contribution is -2.18. The van der Waals surface area contributed by atoms with Crippen molar-refractivity contribution in [2.75, 3.05) is 7.11 Å². The molecular formula is C14H15N3O3. The Morgan fingerprint density at radius 2 is 1.95 bits per heavy atom. The van der Waals surface area contributed by atoms with Gasteiger partial charge in [0.1, 0.15) is 23.8 Å². The topological polar surface area (TPSA) is 90.0 Å². The first-order valence-electron chi connectivity index (χ1n) is 5.93. The van der Waals surface area contributed by atoms with Gasteiger partial charge >= 0.3 is 0 Å². The summed E-state index contributed by atoms with van der Waals surface area (Å²) in [4.78, 5) is 4.07. The Hall–Kier alpha value is -2.76. The average molecular weight is 273 g/mol. The van der Waals surface area contributed by atoms with Crippen molar-refractivity contribution in [3.05, 3.63) is 53.9 Å². The first-order chi connectivity index (χ1) is 9.74. The third-order valence-corrected chi connectivity index (χ3v) is 2.70. The number of oxime groups is 1. The van der Waals surface area contributed by atoms with Crippen LogP contribution in [0.5, 0.6) is 11.5 Å². The Morgan fingerprint density at radius 3 is 2.60 bits per heavy atom. The Labute approximate surface area is 116 Å². The predicted molar refractivity (Wildman–Crippen MR) is 74.1 cm³/mol. The van der Waals surface area contributed by atoms with E-state index in [-0.39, 0.29) is 12.4 Å². The van der Waals surface area contributed by atoms with Gasteiger partial charge in [-0.3, -0.25) is 4.98 Å². The van der Waals surface area contributed by atoms with Gasteiger partial charge in [-0.2, -0.15) is 0 Å². The van der Waals surface area contributed by atoms with Gasteiger partial charge in [-0.05, 0) is 30.3 Å². The van der Waals surface area contributed by atoms with E-state index in [0.29, 0.717) is 11.4 Å². The second kappa shape index (κ2) is 6.42. The van der Waals surface area contributed by atoms with E-state index in [1.807, 2.05) is 18.2 Å². The van der Waals surface area contributed by atoms with Crippen LogP contribution in [-0.4, -0.2) is 23.1 Å². The fourth-order valence-electron chi connectivity index (χ4n) is 1.67. The summed E-state index contributed by atoms with van der Waals surface area (Å²) in [7, 11) is 1.61. The van der Waals surface area contributed by atoms with Gasteiger partial charge in [0.05, 0.1) is 7.11 Å². The molecule has 6 nitrogen and oxygen atoms in total. The number of amidine groups is 1. The van der Waals surface area contributed by atoms with E-state index in [0.717, 1.165) is 11.3 Å². The van der Waals surface area contributed by atoms with E-state index in [1.54, 1.807) is 31.5 Å². The van der Waals surface area contributed by atoms with Crippen molar-refractivity contribution >= 4 is 5.84 Å². The fraction of sp³-hybridized carbons (Fsp3) is 0.143. The number of methoxy groups -OCH3 is 1. The maximum absolute atomic E-state index is 8.72. The molecule has 0 aliphatic rings. The number of aromatic nitrogens is 1. The number of ether oxygens (including phenoxy) is 2. The van der Waals surface area contributed by atoms with Gasteiger partial charge in [0, 0.05) is 11.8 Å². The third kappa shape index (κ3) is 3.17. The Kier molecular flexibility index (Phi) is 4.39. The van der Waals surface area contributed by atoms with Crippen molar-refractivity contribution in [2.24, 2.45) is 10.9 Å². The minimum absolute atomic E-state index is 0.0427. The number of nitrogens with two attached hydrogens (primary N) is 1. The number of nitrogens with zero attached hydrogens (tertiary/aromatic N) is 2. The lowest BCUT2D eigenvalue weighted by Gasteiger charge is -2.09.